The summed E-state index contributed by atoms with van der Waals surface area (Å²) in [6.45, 7) is 3.15. The Labute approximate surface area is 162 Å². The van der Waals surface area contributed by atoms with Crippen LogP contribution in [-0.4, -0.2) is 59.1 Å². The van der Waals surface area contributed by atoms with Crippen molar-refractivity contribution in [2.24, 2.45) is 0 Å². The fourth-order valence-corrected chi connectivity index (χ4v) is 3.34. The standard InChI is InChI=1S/C20H19ClN4O2/c1-24-10-12-25(13-11-24)20(26)15-7-3-2-6-14(15)19-22-18(23-27-19)16-8-4-5-9-17(16)21/h2-9H,10-13H2,1H3. The van der Waals surface area contributed by atoms with Gasteiger partial charge in [-0.05, 0) is 31.3 Å². The van der Waals surface area contributed by atoms with E-state index in [1.165, 1.54) is 0 Å². The molecule has 3 aromatic rings. The topological polar surface area (TPSA) is 62.5 Å². The minimum absolute atomic E-state index is 0.0174. The number of nitrogens with zero attached hydrogens (tertiary/aromatic N) is 4. The van der Waals surface area contributed by atoms with E-state index < -0.39 is 0 Å². The SMILES string of the molecule is CN1CCN(C(=O)c2ccccc2-c2nc(-c3ccccc3Cl)no2)CC1. The summed E-state index contributed by atoms with van der Waals surface area (Å²) < 4.78 is 5.46. The largest absolute Gasteiger partial charge is 0.336 e. The van der Waals surface area contributed by atoms with Crippen LogP contribution in [0.5, 0.6) is 0 Å². The van der Waals surface area contributed by atoms with Gasteiger partial charge in [0.1, 0.15) is 0 Å². The second kappa shape index (κ2) is 7.50. The Morgan fingerprint density at radius 3 is 2.41 bits per heavy atom. The highest BCUT2D eigenvalue weighted by Gasteiger charge is 2.24. The molecule has 27 heavy (non-hydrogen) atoms. The van der Waals surface area contributed by atoms with Crippen molar-refractivity contribution in [3.8, 4) is 22.8 Å². The van der Waals surface area contributed by atoms with Crippen molar-refractivity contribution in [1.82, 2.24) is 19.9 Å². The first-order valence-electron chi connectivity index (χ1n) is 8.79. The van der Waals surface area contributed by atoms with E-state index in [9.17, 15) is 4.79 Å². The third-order valence-electron chi connectivity index (χ3n) is 4.72. The molecule has 1 aromatic heterocycles. The molecule has 4 rings (SSSR count). The third kappa shape index (κ3) is 3.59. The average Bonchev–Trinajstić information content (AvgIpc) is 3.18. The second-order valence-electron chi connectivity index (χ2n) is 6.54. The monoisotopic (exact) mass is 382 g/mol. The molecule has 1 aliphatic heterocycles. The van der Waals surface area contributed by atoms with E-state index in [2.05, 4.69) is 22.1 Å². The molecular weight excluding hydrogens is 364 g/mol. The van der Waals surface area contributed by atoms with Crippen LogP contribution in [0.3, 0.4) is 0 Å². The molecule has 0 spiro atoms. The molecule has 6 nitrogen and oxygen atoms in total. The number of rotatable bonds is 3. The van der Waals surface area contributed by atoms with Gasteiger partial charge in [0, 0.05) is 31.7 Å². The Hall–Kier alpha value is -2.70. The fraction of sp³-hybridized carbons (Fsp3) is 0.250. The van der Waals surface area contributed by atoms with Crippen molar-refractivity contribution < 1.29 is 9.32 Å². The Balaban J connectivity index is 1.66. The lowest BCUT2D eigenvalue weighted by Gasteiger charge is -2.32. The lowest BCUT2D eigenvalue weighted by atomic mass is 10.1. The van der Waals surface area contributed by atoms with Crippen LogP contribution in [0, 0.1) is 0 Å². The van der Waals surface area contributed by atoms with Crippen LogP contribution < -0.4 is 0 Å². The summed E-state index contributed by atoms with van der Waals surface area (Å²) >= 11 is 6.22. The van der Waals surface area contributed by atoms with Crippen LogP contribution >= 0.6 is 11.6 Å². The molecule has 0 radical (unpaired) electrons. The van der Waals surface area contributed by atoms with Gasteiger partial charge in [-0.2, -0.15) is 4.98 Å². The van der Waals surface area contributed by atoms with Gasteiger partial charge in [-0.3, -0.25) is 4.79 Å². The highest BCUT2D eigenvalue weighted by Crippen LogP contribution is 2.29. The molecule has 1 amide bonds. The molecule has 2 heterocycles. The summed E-state index contributed by atoms with van der Waals surface area (Å²) in [5.74, 6) is 0.691. The van der Waals surface area contributed by atoms with Crippen LogP contribution in [0.1, 0.15) is 10.4 Å². The molecule has 0 aliphatic carbocycles. The molecule has 0 N–H and O–H groups in total. The zero-order valence-electron chi connectivity index (χ0n) is 14.9. The van der Waals surface area contributed by atoms with Crippen LogP contribution in [-0.2, 0) is 0 Å². The van der Waals surface area contributed by atoms with Crippen molar-refractivity contribution in [2.45, 2.75) is 0 Å². The van der Waals surface area contributed by atoms with Gasteiger partial charge in [0.05, 0.1) is 16.1 Å². The Morgan fingerprint density at radius 2 is 1.67 bits per heavy atom. The number of hydrogen-bond donors (Lipinski definition) is 0. The number of piperazine rings is 1. The highest BCUT2D eigenvalue weighted by atomic mass is 35.5. The lowest BCUT2D eigenvalue weighted by Crippen LogP contribution is -2.47. The molecule has 0 bridgehead atoms. The number of likely N-dealkylation sites (N-methyl/N-ethyl adjacent to an activating group) is 1. The van der Waals surface area contributed by atoms with E-state index in [4.69, 9.17) is 16.1 Å². The van der Waals surface area contributed by atoms with Crippen molar-refractivity contribution in [3.05, 3.63) is 59.1 Å². The zero-order chi connectivity index (χ0) is 18.8. The number of hydrogen-bond acceptors (Lipinski definition) is 5. The predicted octanol–water partition coefficient (Wildman–Crippen LogP) is 3.44. The quantitative estimate of drug-likeness (QED) is 0.694. The molecule has 1 fully saturated rings. The summed E-state index contributed by atoms with van der Waals surface area (Å²) in [4.78, 5) is 21.6. The second-order valence-corrected chi connectivity index (χ2v) is 6.95. The molecule has 0 unspecified atom stereocenters. The Morgan fingerprint density at radius 1 is 1.00 bits per heavy atom. The average molecular weight is 383 g/mol. The molecule has 2 aromatic carbocycles. The highest BCUT2D eigenvalue weighted by molar-refractivity contribution is 6.33. The van der Waals surface area contributed by atoms with Crippen LogP contribution in [0.4, 0.5) is 0 Å². The maximum atomic E-state index is 13.0. The number of amides is 1. The minimum Gasteiger partial charge on any atom is -0.336 e. The zero-order valence-corrected chi connectivity index (χ0v) is 15.7. The number of carbonyl (C=O) groups is 1. The molecular formula is C20H19ClN4O2. The van der Waals surface area contributed by atoms with Crippen molar-refractivity contribution in [1.29, 1.82) is 0 Å². The molecule has 0 saturated carbocycles. The van der Waals surface area contributed by atoms with Gasteiger partial charge >= 0.3 is 0 Å². The molecule has 1 saturated heterocycles. The number of benzene rings is 2. The van der Waals surface area contributed by atoms with E-state index in [1.54, 1.807) is 12.1 Å². The van der Waals surface area contributed by atoms with Crippen LogP contribution in [0.2, 0.25) is 5.02 Å². The van der Waals surface area contributed by atoms with E-state index >= 15 is 0 Å². The third-order valence-corrected chi connectivity index (χ3v) is 5.05. The van der Waals surface area contributed by atoms with Gasteiger partial charge in [-0.1, -0.05) is 41.0 Å². The van der Waals surface area contributed by atoms with Gasteiger partial charge in [-0.25, -0.2) is 0 Å². The van der Waals surface area contributed by atoms with Crippen molar-refractivity contribution in [2.75, 3.05) is 33.2 Å². The van der Waals surface area contributed by atoms with E-state index in [1.807, 2.05) is 41.3 Å². The summed E-state index contributed by atoms with van der Waals surface area (Å²) in [6.07, 6.45) is 0. The van der Waals surface area contributed by atoms with Crippen LogP contribution in [0.25, 0.3) is 22.8 Å². The summed E-state index contributed by atoms with van der Waals surface area (Å²) in [5.41, 5.74) is 1.89. The van der Waals surface area contributed by atoms with Gasteiger partial charge in [0.25, 0.3) is 11.8 Å². The van der Waals surface area contributed by atoms with Gasteiger partial charge in [-0.15, -0.1) is 0 Å². The summed E-state index contributed by atoms with van der Waals surface area (Å²) in [6, 6.07) is 14.6. The van der Waals surface area contributed by atoms with Crippen molar-refractivity contribution in [3.63, 3.8) is 0 Å². The minimum atomic E-state index is -0.0174. The maximum absolute atomic E-state index is 13.0. The Kier molecular flexibility index (Phi) is 4.92. The van der Waals surface area contributed by atoms with E-state index in [-0.39, 0.29) is 5.91 Å². The smallest absolute Gasteiger partial charge is 0.259 e. The van der Waals surface area contributed by atoms with E-state index in [0.29, 0.717) is 46.5 Å². The first kappa shape index (κ1) is 17.7. The first-order chi connectivity index (χ1) is 13.1. The fourth-order valence-electron chi connectivity index (χ4n) is 3.12. The Bertz CT molecular complexity index is 964. The van der Waals surface area contributed by atoms with Gasteiger partial charge < -0.3 is 14.3 Å². The molecule has 1 aliphatic rings. The normalized spacial score (nSPS) is 15.1. The van der Waals surface area contributed by atoms with E-state index in [0.717, 1.165) is 13.1 Å². The number of carbonyl (C=O) groups excluding carboxylic acids is 1. The first-order valence-corrected chi connectivity index (χ1v) is 9.17. The van der Waals surface area contributed by atoms with Gasteiger partial charge in [0.2, 0.25) is 5.82 Å². The maximum Gasteiger partial charge on any atom is 0.259 e. The summed E-state index contributed by atoms with van der Waals surface area (Å²) in [7, 11) is 2.06. The van der Waals surface area contributed by atoms with Crippen molar-refractivity contribution >= 4 is 17.5 Å². The molecule has 0 atom stereocenters. The molecule has 7 heteroatoms. The number of halogens is 1. The van der Waals surface area contributed by atoms with Gasteiger partial charge in [0.15, 0.2) is 0 Å². The number of aromatic nitrogens is 2. The summed E-state index contributed by atoms with van der Waals surface area (Å²) in [5, 5.41) is 4.59. The lowest BCUT2D eigenvalue weighted by molar-refractivity contribution is 0.0664. The predicted molar refractivity (Wildman–Crippen MR) is 104 cm³/mol. The van der Waals surface area contributed by atoms with Crippen LogP contribution in [0.15, 0.2) is 53.1 Å². The molecule has 138 valence electrons.